The second kappa shape index (κ2) is 5.02. The number of allylic oxidation sites excluding steroid dienone is 3. The molecule has 0 N–H and O–H groups in total. The molecule has 0 aromatic heterocycles. The van der Waals surface area contributed by atoms with Crippen molar-refractivity contribution < 1.29 is 4.74 Å². The lowest BCUT2D eigenvalue weighted by molar-refractivity contribution is 0.222. The SMILES string of the molecule is CCCOC1=CCCC(CC)=C1. The topological polar surface area (TPSA) is 9.23 Å². The van der Waals surface area contributed by atoms with Crippen molar-refractivity contribution in [1.82, 2.24) is 0 Å². The van der Waals surface area contributed by atoms with Crippen LogP contribution in [-0.4, -0.2) is 6.61 Å². The molecule has 0 saturated heterocycles. The Morgan fingerprint density at radius 2 is 2.25 bits per heavy atom. The van der Waals surface area contributed by atoms with E-state index in [0.29, 0.717) is 0 Å². The summed E-state index contributed by atoms with van der Waals surface area (Å²) >= 11 is 0. The van der Waals surface area contributed by atoms with E-state index in [2.05, 4.69) is 26.0 Å². The van der Waals surface area contributed by atoms with E-state index < -0.39 is 0 Å². The molecule has 0 saturated carbocycles. The van der Waals surface area contributed by atoms with Gasteiger partial charge in [-0.25, -0.2) is 0 Å². The Morgan fingerprint density at radius 3 is 2.92 bits per heavy atom. The lowest BCUT2D eigenvalue weighted by Crippen LogP contribution is -1.97. The minimum atomic E-state index is 0.847. The summed E-state index contributed by atoms with van der Waals surface area (Å²) in [6.07, 6.45) is 9.00. The van der Waals surface area contributed by atoms with Gasteiger partial charge in [0, 0.05) is 0 Å². The molecule has 0 atom stereocenters. The third-order valence-electron chi connectivity index (χ3n) is 2.08. The zero-order valence-corrected chi connectivity index (χ0v) is 8.10. The molecule has 0 heterocycles. The van der Waals surface area contributed by atoms with Crippen molar-refractivity contribution in [1.29, 1.82) is 0 Å². The average Bonchev–Trinajstić information content (AvgIpc) is 2.15. The maximum Gasteiger partial charge on any atom is 0.115 e. The van der Waals surface area contributed by atoms with Crippen LogP contribution in [0.2, 0.25) is 0 Å². The number of ether oxygens (including phenoxy) is 1. The fourth-order valence-corrected chi connectivity index (χ4v) is 1.33. The molecule has 0 spiro atoms. The first-order chi connectivity index (χ1) is 5.86. The zero-order chi connectivity index (χ0) is 8.81. The molecule has 0 bridgehead atoms. The molecule has 1 rings (SSSR count). The summed E-state index contributed by atoms with van der Waals surface area (Å²) in [7, 11) is 0. The maximum absolute atomic E-state index is 5.55. The van der Waals surface area contributed by atoms with Gasteiger partial charge < -0.3 is 4.74 Å². The smallest absolute Gasteiger partial charge is 0.115 e. The van der Waals surface area contributed by atoms with E-state index in [1.165, 1.54) is 12.0 Å². The van der Waals surface area contributed by atoms with Crippen LogP contribution in [0.15, 0.2) is 23.5 Å². The van der Waals surface area contributed by atoms with Crippen LogP contribution in [0, 0.1) is 0 Å². The molecule has 0 radical (unpaired) electrons. The third-order valence-corrected chi connectivity index (χ3v) is 2.08. The van der Waals surface area contributed by atoms with Crippen LogP contribution in [-0.2, 0) is 4.74 Å². The minimum absolute atomic E-state index is 0.847. The van der Waals surface area contributed by atoms with Gasteiger partial charge in [0.25, 0.3) is 0 Å². The highest BCUT2D eigenvalue weighted by Gasteiger charge is 2.03. The monoisotopic (exact) mass is 166 g/mol. The van der Waals surface area contributed by atoms with E-state index in [-0.39, 0.29) is 0 Å². The Bertz CT molecular complexity index is 189. The fraction of sp³-hybridized carbons (Fsp3) is 0.636. The molecule has 0 fully saturated rings. The van der Waals surface area contributed by atoms with Gasteiger partial charge in [0.15, 0.2) is 0 Å². The third kappa shape index (κ3) is 2.72. The number of hydrogen-bond donors (Lipinski definition) is 0. The summed E-state index contributed by atoms with van der Waals surface area (Å²) in [5.74, 6) is 1.08. The van der Waals surface area contributed by atoms with Crippen LogP contribution in [0.3, 0.4) is 0 Å². The molecule has 0 aromatic rings. The van der Waals surface area contributed by atoms with Crippen molar-refractivity contribution in [3.8, 4) is 0 Å². The van der Waals surface area contributed by atoms with Crippen LogP contribution < -0.4 is 0 Å². The van der Waals surface area contributed by atoms with Gasteiger partial charge in [0.1, 0.15) is 5.76 Å². The van der Waals surface area contributed by atoms with E-state index in [1.807, 2.05) is 0 Å². The predicted molar refractivity (Wildman–Crippen MR) is 51.9 cm³/mol. The zero-order valence-electron chi connectivity index (χ0n) is 8.10. The van der Waals surface area contributed by atoms with Crippen molar-refractivity contribution in [2.45, 2.75) is 39.5 Å². The fourth-order valence-electron chi connectivity index (χ4n) is 1.33. The second-order valence-electron chi connectivity index (χ2n) is 3.15. The first kappa shape index (κ1) is 9.37. The Balaban J connectivity index is 2.43. The van der Waals surface area contributed by atoms with E-state index in [4.69, 9.17) is 4.74 Å². The molecule has 0 aliphatic heterocycles. The van der Waals surface area contributed by atoms with E-state index >= 15 is 0 Å². The molecule has 0 aromatic carbocycles. The molecular formula is C11H18O. The van der Waals surface area contributed by atoms with Crippen molar-refractivity contribution in [2.75, 3.05) is 6.61 Å². The van der Waals surface area contributed by atoms with Crippen molar-refractivity contribution in [2.24, 2.45) is 0 Å². The lowest BCUT2D eigenvalue weighted by atomic mass is 10.0. The molecule has 68 valence electrons. The quantitative estimate of drug-likeness (QED) is 0.621. The van der Waals surface area contributed by atoms with Crippen LogP contribution in [0.5, 0.6) is 0 Å². The van der Waals surface area contributed by atoms with Crippen LogP contribution in [0.4, 0.5) is 0 Å². The molecule has 1 heteroatoms. The normalized spacial score (nSPS) is 16.8. The van der Waals surface area contributed by atoms with Crippen molar-refractivity contribution in [3.05, 3.63) is 23.5 Å². The Labute approximate surface area is 75.1 Å². The highest BCUT2D eigenvalue weighted by molar-refractivity contribution is 5.23. The molecule has 1 nitrogen and oxygen atoms in total. The van der Waals surface area contributed by atoms with Crippen molar-refractivity contribution in [3.63, 3.8) is 0 Å². The first-order valence-electron chi connectivity index (χ1n) is 4.89. The van der Waals surface area contributed by atoms with E-state index in [0.717, 1.165) is 31.6 Å². The number of hydrogen-bond acceptors (Lipinski definition) is 1. The van der Waals surface area contributed by atoms with Crippen LogP contribution in [0.25, 0.3) is 0 Å². The first-order valence-corrected chi connectivity index (χ1v) is 4.89. The van der Waals surface area contributed by atoms with Crippen LogP contribution in [0.1, 0.15) is 39.5 Å². The Hall–Kier alpha value is -0.720. The van der Waals surface area contributed by atoms with Crippen LogP contribution >= 0.6 is 0 Å². The second-order valence-corrected chi connectivity index (χ2v) is 3.15. The highest BCUT2D eigenvalue weighted by atomic mass is 16.5. The van der Waals surface area contributed by atoms with Gasteiger partial charge in [0.05, 0.1) is 6.61 Å². The Kier molecular flexibility index (Phi) is 3.92. The highest BCUT2D eigenvalue weighted by Crippen LogP contribution is 2.20. The molecule has 0 unspecified atom stereocenters. The summed E-state index contributed by atoms with van der Waals surface area (Å²) in [5.41, 5.74) is 1.52. The maximum atomic E-state index is 5.55. The van der Waals surface area contributed by atoms with Gasteiger partial charge in [0.2, 0.25) is 0 Å². The van der Waals surface area contributed by atoms with E-state index in [9.17, 15) is 0 Å². The standard InChI is InChI=1S/C11H18O/c1-3-8-12-11-7-5-6-10(4-2)9-11/h7,9H,3-6,8H2,1-2H3. The van der Waals surface area contributed by atoms with Crippen molar-refractivity contribution >= 4 is 0 Å². The predicted octanol–water partition coefficient (Wildman–Crippen LogP) is 3.43. The van der Waals surface area contributed by atoms with Gasteiger partial charge in [-0.15, -0.1) is 0 Å². The largest absolute Gasteiger partial charge is 0.494 e. The molecule has 12 heavy (non-hydrogen) atoms. The van der Waals surface area contributed by atoms with E-state index in [1.54, 1.807) is 0 Å². The minimum Gasteiger partial charge on any atom is -0.494 e. The summed E-state index contributed by atoms with van der Waals surface area (Å²) in [5, 5.41) is 0. The number of rotatable bonds is 4. The van der Waals surface area contributed by atoms with Gasteiger partial charge in [-0.05, 0) is 37.8 Å². The lowest BCUT2D eigenvalue weighted by Gasteiger charge is -2.13. The van der Waals surface area contributed by atoms with Gasteiger partial charge in [-0.1, -0.05) is 19.4 Å². The van der Waals surface area contributed by atoms with Gasteiger partial charge in [-0.3, -0.25) is 0 Å². The van der Waals surface area contributed by atoms with Gasteiger partial charge >= 0.3 is 0 Å². The molecule has 1 aliphatic carbocycles. The summed E-state index contributed by atoms with van der Waals surface area (Å²) < 4.78 is 5.55. The summed E-state index contributed by atoms with van der Waals surface area (Å²) in [6.45, 7) is 5.18. The molecular weight excluding hydrogens is 148 g/mol. The average molecular weight is 166 g/mol. The molecule has 0 amide bonds. The summed E-state index contributed by atoms with van der Waals surface area (Å²) in [4.78, 5) is 0. The summed E-state index contributed by atoms with van der Waals surface area (Å²) in [6, 6.07) is 0. The van der Waals surface area contributed by atoms with Gasteiger partial charge in [-0.2, -0.15) is 0 Å². The molecule has 1 aliphatic rings. The Morgan fingerprint density at radius 1 is 1.42 bits per heavy atom.